The highest BCUT2D eigenvalue weighted by Gasteiger charge is 2.32. The zero-order valence-corrected chi connectivity index (χ0v) is 16.4. The second-order valence-electron chi connectivity index (χ2n) is 8.27. The quantitative estimate of drug-likeness (QED) is 0.849. The summed E-state index contributed by atoms with van der Waals surface area (Å²) in [5, 5.41) is 2.93. The molecule has 3 heterocycles. The fourth-order valence-corrected chi connectivity index (χ4v) is 4.71. The first-order chi connectivity index (χ1) is 13.6. The molecule has 4 rings (SSSR count). The molecule has 0 aliphatic carbocycles. The summed E-state index contributed by atoms with van der Waals surface area (Å²) in [6.45, 7) is 3.35. The summed E-state index contributed by atoms with van der Waals surface area (Å²) in [6, 6.07) is 7.28. The van der Waals surface area contributed by atoms with Crippen molar-refractivity contribution in [3.63, 3.8) is 0 Å². The number of nitrogens with zero attached hydrogens (tertiary/aromatic N) is 2. The number of likely N-dealkylation sites (tertiary alicyclic amines) is 2. The van der Waals surface area contributed by atoms with Gasteiger partial charge in [-0.2, -0.15) is 0 Å². The summed E-state index contributed by atoms with van der Waals surface area (Å²) in [7, 11) is 0. The number of benzene rings is 1. The summed E-state index contributed by atoms with van der Waals surface area (Å²) in [6.07, 6.45) is 6.10. The SMILES string of the molecule is O=C1NC(CC(=O)N2CCC(CCC(=O)N3CCCC3)CC2)c2ccccc21. The average Bonchev–Trinajstić information content (AvgIpc) is 3.36. The van der Waals surface area contributed by atoms with Gasteiger partial charge in [-0.05, 0) is 49.7 Å². The Hall–Kier alpha value is -2.37. The van der Waals surface area contributed by atoms with Crippen LogP contribution < -0.4 is 5.32 Å². The molecular formula is C22H29N3O3. The van der Waals surface area contributed by atoms with Crippen molar-refractivity contribution >= 4 is 17.7 Å². The molecule has 0 spiro atoms. The van der Waals surface area contributed by atoms with Gasteiger partial charge in [0, 0.05) is 38.2 Å². The molecule has 6 nitrogen and oxygen atoms in total. The van der Waals surface area contributed by atoms with E-state index in [4.69, 9.17) is 0 Å². The Balaban J connectivity index is 1.22. The Kier molecular flexibility index (Phi) is 5.64. The lowest BCUT2D eigenvalue weighted by atomic mass is 9.91. The minimum absolute atomic E-state index is 0.0882. The minimum atomic E-state index is -0.216. The summed E-state index contributed by atoms with van der Waals surface area (Å²) in [5.41, 5.74) is 1.61. The van der Waals surface area contributed by atoms with Gasteiger partial charge in [-0.3, -0.25) is 14.4 Å². The summed E-state index contributed by atoms with van der Waals surface area (Å²) < 4.78 is 0. The second-order valence-corrected chi connectivity index (χ2v) is 8.27. The molecule has 6 heteroatoms. The van der Waals surface area contributed by atoms with Crippen molar-refractivity contribution in [1.29, 1.82) is 0 Å². The van der Waals surface area contributed by atoms with Gasteiger partial charge in [-0.15, -0.1) is 0 Å². The van der Waals surface area contributed by atoms with Gasteiger partial charge in [0.05, 0.1) is 12.5 Å². The molecule has 28 heavy (non-hydrogen) atoms. The first-order valence-corrected chi connectivity index (χ1v) is 10.6. The van der Waals surface area contributed by atoms with E-state index in [1.165, 1.54) is 0 Å². The van der Waals surface area contributed by atoms with E-state index in [0.717, 1.165) is 63.8 Å². The molecule has 150 valence electrons. The maximum absolute atomic E-state index is 12.7. The fraction of sp³-hybridized carbons (Fsp3) is 0.591. The number of fused-ring (bicyclic) bond motifs is 1. The van der Waals surface area contributed by atoms with E-state index >= 15 is 0 Å². The fourth-order valence-electron chi connectivity index (χ4n) is 4.71. The van der Waals surface area contributed by atoms with Crippen molar-refractivity contribution in [3.8, 4) is 0 Å². The third-order valence-corrected chi connectivity index (χ3v) is 6.46. The van der Waals surface area contributed by atoms with Crippen LogP contribution in [0.4, 0.5) is 0 Å². The van der Waals surface area contributed by atoms with Crippen LogP contribution in [0, 0.1) is 5.92 Å². The lowest BCUT2D eigenvalue weighted by molar-refractivity contribution is -0.134. The first kappa shape index (κ1) is 19.0. The van der Waals surface area contributed by atoms with Crippen LogP contribution >= 0.6 is 0 Å². The molecule has 0 bridgehead atoms. The van der Waals surface area contributed by atoms with Crippen LogP contribution in [-0.4, -0.2) is 53.7 Å². The van der Waals surface area contributed by atoms with E-state index in [2.05, 4.69) is 5.32 Å². The molecular weight excluding hydrogens is 354 g/mol. The van der Waals surface area contributed by atoms with Crippen molar-refractivity contribution in [1.82, 2.24) is 15.1 Å². The molecule has 1 unspecified atom stereocenters. The van der Waals surface area contributed by atoms with Crippen molar-refractivity contribution < 1.29 is 14.4 Å². The monoisotopic (exact) mass is 383 g/mol. The standard InChI is InChI=1S/C22H29N3O3/c26-20(24-11-3-4-12-24)8-7-16-9-13-25(14-10-16)21(27)15-19-17-5-1-2-6-18(17)22(28)23-19/h1-2,5-6,16,19H,3-4,7-15H2,(H,23,28). The molecule has 0 radical (unpaired) electrons. The molecule has 0 saturated carbocycles. The zero-order valence-electron chi connectivity index (χ0n) is 16.4. The molecule has 1 N–H and O–H groups in total. The molecule has 3 aliphatic rings. The van der Waals surface area contributed by atoms with E-state index < -0.39 is 0 Å². The number of carbonyl (C=O) groups excluding carboxylic acids is 3. The van der Waals surface area contributed by atoms with Gasteiger partial charge in [0.2, 0.25) is 11.8 Å². The third-order valence-electron chi connectivity index (χ3n) is 6.46. The number of piperidine rings is 1. The van der Waals surface area contributed by atoms with Gasteiger partial charge < -0.3 is 15.1 Å². The van der Waals surface area contributed by atoms with E-state index in [-0.39, 0.29) is 17.9 Å². The number of hydrogen-bond acceptors (Lipinski definition) is 3. The highest BCUT2D eigenvalue weighted by Crippen LogP contribution is 2.29. The molecule has 2 saturated heterocycles. The number of hydrogen-bond donors (Lipinski definition) is 1. The van der Waals surface area contributed by atoms with Crippen LogP contribution in [0.3, 0.4) is 0 Å². The first-order valence-electron chi connectivity index (χ1n) is 10.6. The highest BCUT2D eigenvalue weighted by atomic mass is 16.2. The largest absolute Gasteiger partial charge is 0.345 e. The van der Waals surface area contributed by atoms with Gasteiger partial charge in [-0.25, -0.2) is 0 Å². The van der Waals surface area contributed by atoms with E-state index in [0.29, 0.717) is 30.2 Å². The van der Waals surface area contributed by atoms with Gasteiger partial charge in [0.1, 0.15) is 0 Å². The molecule has 3 aliphatic heterocycles. The normalized spacial score (nSPS) is 22.3. The van der Waals surface area contributed by atoms with Crippen LogP contribution in [0.15, 0.2) is 24.3 Å². The maximum atomic E-state index is 12.7. The van der Waals surface area contributed by atoms with Gasteiger partial charge in [-0.1, -0.05) is 18.2 Å². The van der Waals surface area contributed by atoms with Crippen molar-refractivity contribution in [2.45, 2.75) is 51.0 Å². The smallest absolute Gasteiger partial charge is 0.252 e. The third kappa shape index (κ3) is 4.05. The molecule has 2 fully saturated rings. The Bertz CT molecular complexity index is 749. The number of amides is 3. The predicted octanol–water partition coefficient (Wildman–Crippen LogP) is 2.50. The van der Waals surface area contributed by atoms with Crippen LogP contribution in [0.2, 0.25) is 0 Å². The van der Waals surface area contributed by atoms with Crippen molar-refractivity contribution in [3.05, 3.63) is 35.4 Å². The molecule has 1 aromatic rings. The van der Waals surface area contributed by atoms with Gasteiger partial charge in [0.15, 0.2) is 0 Å². The number of rotatable bonds is 5. The summed E-state index contributed by atoms with van der Waals surface area (Å²) >= 11 is 0. The summed E-state index contributed by atoms with van der Waals surface area (Å²) in [5.74, 6) is 0.845. The lowest BCUT2D eigenvalue weighted by Crippen LogP contribution is -2.40. The molecule has 0 aromatic heterocycles. The van der Waals surface area contributed by atoms with E-state index in [1.807, 2.05) is 34.1 Å². The Labute approximate surface area is 166 Å². The Morgan fingerprint density at radius 1 is 0.964 bits per heavy atom. The van der Waals surface area contributed by atoms with Crippen LogP contribution in [0.5, 0.6) is 0 Å². The number of nitrogens with one attached hydrogen (secondary N) is 1. The minimum Gasteiger partial charge on any atom is -0.345 e. The number of carbonyl (C=O) groups is 3. The molecule has 1 atom stereocenters. The Morgan fingerprint density at radius 3 is 2.39 bits per heavy atom. The predicted molar refractivity (Wildman–Crippen MR) is 106 cm³/mol. The van der Waals surface area contributed by atoms with E-state index in [1.54, 1.807) is 0 Å². The summed E-state index contributed by atoms with van der Waals surface area (Å²) in [4.78, 5) is 40.9. The van der Waals surface area contributed by atoms with Crippen LogP contribution in [0.25, 0.3) is 0 Å². The van der Waals surface area contributed by atoms with E-state index in [9.17, 15) is 14.4 Å². The van der Waals surface area contributed by atoms with Crippen molar-refractivity contribution in [2.24, 2.45) is 5.92 Å². The molecule has 3 amide bonds. The van der Waals surface area contributed by atoms with Crippen molar-refractivity contribution in [2.75, 3.05) is 26.2 Å². The van der Waals surface area contributed by atoms with Gasteiger partial charge in [0.25, 0.3) is 5.91 Å². The lowest BCUT2D eigenvalue weighted by Gasteiger charge is -2.33. The van der Waals surface area contributed by atoms with Crippen LogP contribution in [-0.2, 0) is 9.59 Å². The average molecular weight is 383 g/mol. The molecule has 1 aromatic carbocycles. The van der Waals surface area contributed by atoms with Gasteiger partial charge >= 0.3 is 0 Å². The topological polar surface area (TPSA) is 69.7 Å². The Morgan fingerprint density at radius 2 is 1.64 bits per heavy atom. The maximum Gasteiger partial charge on any atom is 0.252 e. The zero-order chi connectivity index (χ0) is 19.5. The second kappa shape index (κ2) is 8.33. The van der Waals surface area contributed by atoms with Crippen LogP contribution in [0.1, 0.15) is 66.9 Å². The highest BCUT2D eigenvalue weighted by molar-refractivity contribution is 5.99.